The predicted octanol–water partition coefficient (Wildman–Crippen LogP) is 1.98. The van der Waals surface area contributed by atoms with Crippen LogP contribution in [-0.4, -0.2) is 47.1 Å². The maximum atomic E-state index is 12.3. The highest BCUT2D eigenvalue weighted by Gasteiger charge is 2.30. The second kappa shape index (κ2) is 7.80. The summed E-state index contributed by atoms with van der Waals surface area (Å²) in [5, 5.41) is 15.9. The number of nitrogens with zero attached hydrogens (tertiary/aromatic N) is 2. The van der Waals surface area contributed by atoms with Gasteiger partial charge < -0.3 is 19.9 Å². The van der Waals surface area contributed by atoms with Crippen LogP contribution >= 0.6 is 0 Å². The molecular weight excluding hydrogens is 326 g/mol. The molecule has 0 unspecified atom stereocenters. The molecule has 0 aliphatic heterocycles. The van der Waals surface area contributed by atoms with Crippen LogP contribution in [0.2, 0.25) is 0 Å². The molecule has 0 fully saturated rings. The molecule has 0 atom stereocenters. The Labute approximate surface area is 145 Å². The average Bonchev–Trinajstić information content (AvgIpc) is 3.04. The van der Waals surface area contributed by atoms with Crippen molar-refractivity contribution in [1.82, 2.24) is 9.78 Å². The lowest BCUT2D eigenvalue weighted by Gasteiger charge is -2.19. The molecule has 0 saturated heterocycles. The molecular formula is C17H21N3O5. The summed E-state index contributed by atoms with van der Waals surface area (Å²) in [5.41, 5.74) is -0.386. The van der Waals surface area contributed by atoms with E-state index in [1.807, 2.05) is 0 Å². The number of anilines is 1. The number of benzene rings is 1. The number of methoxy groups -OCH3 is 1. The van der Waals surface area contributed by atoms with Crippen LogP contribution in [0, 0.1) is 0 Å². The molecule has 1 heterocycles. The highest BCUT2D eigenvalue weighted by molar-refractivity contribution is 6.04. The van der Waals surface area contributed by atoms with Gasteiger partial charge in [0.1, 0.15) is 12.4 Å². The fourth-order valence-electron chi connectivity index (χ4n) is 1.96. The maximum Gasteiger partial charge on any atom is 0.331 e. The van der Waals surface area contributed by atoms with Crippen molar-refractivity contribution < 1.29 is 24.2 Å². The van der Waals surface area contributed by atoms with E-state index < -0.39 is 11.5 Å². The third-order valence-electron chi connectivity index (χ3n) is 3.59. The Balaban J connectivity index is 2.06. The van der Waals surface area contributed by atoms with Gasteiger partial charge in [-0.05, 0) is 32.0 Å². The van der Waals surface area contributed by atoms with Gasteiger partial charge in [-0.25, -0.2) is 4.79 Å². The van der Waals surface area contributed by atoms with Crippen LogP contribution in [0.15, 0.2) is 36.7 Å². The Kier molecular flexibility index (Phi) is 5.76. The standard InChI is InChI=1S/C17H21N3O5/c1-17(2,16(22)23)20-11-13(10-18-20)19-15(21)12-5-4-6-14(9-12)25-8-7-24-3/h4-6,9-11H,7-8H2,1-3H3,(H,19,21)(H,22,23). The first-order chi connectivity index (χ1) is 11.8. The number of carboxylic acid groups (broad SMARTS) is 1. The zero-order valence-electron chi connectivity index (χ0n) is 14.4. The van der Waals surface area contributed by atoms with Gasteiger partial charge in [0, 0.05) is 18.9 Å². The normalized spacial score (nSPS) is 11.2. The van der Waals surface area contributed by atoms with Gasteiger partial charge in [0.25, 0.3) is 5.91 Å². The van der Waals surface area contributed by atoms with Crippen LogP contribution in [0.5, 0.6) is 5.75 Å². The second-order valence-corrected chi connectivity index (χ2v) is 5.86. The van der Waals surface area contributed by atoms with E-state index in [2.05, 4.69) is 10.4 Å². The number of rotatable bonds is 8. The quantitative estimate of drug-likeness (QED) is 0.708. The lowest BCUT2D eigenvalue weighted by molar-refractivity contribution is -0.146. The fourth-order valence-corrected chi connectivity index (χ4v) is 1.96. The summed E-state index contributed by atoms with van der Waals surface area (Å²) >= 11 is 0. The Bertz CT molecular complexity index is 754. The Morgan fingerprint density at radius 1 is 1.32 bits per heavy atom. The van der Waals surface area contributed by atoms with Crippen molar-refractivity contribution in [3.05, 3.63) is 42.2 Å². The van der Waals surface area contributed by atoms with E-state index in [1.165, 1.54) is 30.9 Å². The van der Waals surface area contributed by atoms with Gasteiger partial charge in [-0.3, -0.25) is 9.48 Å². The molecule has 134 valence electrons. The van der Waals surface area contributed by atoms with Gasteiger partial charge in [0.15, 0.2) is 5.54 Å². The monoisotopic (exact) mass is 347 g/mol. The third kappa shape index (κ3) is 4.57. The van der Waals surface area contributed by atoms with Crippen LogP contribution in [0.4, 0.5) is 5.69 Å². The Hall–Kier alpha value is -2.87. The Morgan fingerprint density at radius 3 is 2.76 bits per heavy atom. The number of hydrogen-bond acceptors (Lipinski definition) is 5. The zero-order chi connectivity index (χ0) is 18.4. The number of carbonyl (C=O) groups is 2. The van der Waals surface area contributed by atoms with Gasteiger partial charge in [-0.2, -0.15) is 5.10 Å². The van der Waals surface area contributed by atoms with E-state index in [-0.39, 0.29) is 5.91 Å². The summed E-state index contributed by atoms with van der Waals surface area (Å²) in [6.07, 6.45) is 2.88. The van der Waals surface area contributed by atoms with E-state index in [4.69, 9.17) is 9.47 Å². The van der Waals surface area contributed by atoms with Crippen LogP contribution in [0.1, 0.15) is 24.2 Å². The molecule has 0 aliphatic carbocycles. The van der Waals surface area contributed by atoms with Crippen LogP contribution in [-0.2, 0) is 15.1 Å². The van der Waals surface area contributed by atoms with Crippen molar-refractivity contribution in [2.75, 3.05) is 25.6 Å². The molecule has 2 N–H and O–H groups in total. The number of amides is 1. The smallest absolute Gasteiger partial charge is 0.331 e. The number of aliphatic carboxylic acids is 1. The van der Waals surface area contributed by atoms with Gasteiger partial charge in [-0.1, -0.05) is 6.07 Å². The predicted molar refractivity (Wildman–Crippen MR) is 91.0 cm³/mol. The molecule has 2 aromatic rings. The molecule has 8 heteroatoms. The minimum atomic E-state index is -1.21. The lowest BCUT2D eigenvalue weighted by atomic mass is 10.1. The first kappa shape index (κ1) is 18.5. The molecule has 0 spiro atoms. The first-order valence-corrected chi connectivity index (χ1v) is 7.66. The number of nitrogens with one attached hydrogen (secondary N) is 1. The number of carbonyl (C=O) groups excluding carboxylic acids is 1. The molecule has 1 aromatic carbocycles. The van der Waals surface area contributed by atoms with Crippen molar-refractivity contribution >= 4 is 17.6 Å². The number of hydrogen-bond donors (Lipinski definition) is 2. The minimum Gasteiger partial charge on any atom is -0.491 e. The lowest BCUT2D eigenvalue weighted by Crippen LogP contribution is -2.35. The highest BCUT2D eigenvalue weighted by Crippen LogP contribution is 2.19. The molecule has 0 aliphatic rings. The van der Waals surface area contributed by atoms with Crippen molar-refractivity contribution in [3.63, 3.8) is 0 Å². The molecule has 0 radical (unpaired) electrons. The van der Waals surface area contributed by atoms with Crippen molar-refractivity contribution in [2.24, 2.45) is 0 Å². The van der Waals surface area contributed by atoms with E-state index in [0.717, 1.165) is 0 Å². The van der Waals surface area contributed by atoms with Gasteiger partial charge in [0.2, 0.25) is 0 Å². The molecule has 0 bridgehead atoms. The summed E-state index contributed by atoms with van der Waals surface area (Å²) in [6, 6.07) is 6.74. The van der Waals surface area contributed by atoms with Gasteiger partial charge in [0.05, 0.1) is 18.5 Å². The summed E-state index contributed by atoms with van der Waals surface area (Å²) < 4.78 is 11.7. The molecule has 2 rings (SSSR count). The molecule has 1 amide bonds. The minimum absolute atomic E-state index is 0.343. The van der Waals surface area contributed by atoms with Crippen LogP contribution < -0.4 is 10.1 Å². The molecule has 8 nitrogen and oxygen atoms in total. The fraction of sp³-hybridized carbons (Fsp3) is 0.353. The van der Waals surface area contributed by atoms with E-state index in [0.29, 0.717) is 30.2 Å². The second-order valence-electron chi connectivity index (χ2n) is 5.86. The summed E-state index contributed by atoms with van der Waals surface area (Å²) in [4.78, 5) is 23.6. The highest BCUT2D eigenvalue weighted by atomic mass is 16.5. The Morgan fingerprint density at radius 2 is 2.08 bits per heavy atom. The van der Waals surface area contributed by atoms with Crippen molar-refractivity contribution in [3.8, 4) is 5.75 Å². The topological polar surface area (TPSA) is 103 Å². The van der Waals surface area contributed by atoms with Gasteiger partial charge in [-0.15, -0.1) is 0 Å². The summed E-state index contributed by atoms with van der Waals surface area (Å²) in [7, 11) is 1.58. The van der Waals surface area contributed by atoms with Crippen molar-refractivity contribution in [1.29, 1.82) is 0 Å². The van der Waals surface area contributed by atoms with Crippen LogP contribution in [0.3, 0.4) is 0 Å². The van der Waals surface area contributed by atoms with Gasteiger partial charge >= 0.3 is 5.97 Å². The number of ether oxygens (including phenoxy) is 2. The number of carboxylic acids is 1. The zero-order valence-corrected chi connectivity index (χ0v) is 14.4. The van der Waals surface area contributed by atoms with Crippen LogP contribution in [0.25, 0.3) is 0 Å². The van der Waals surface area contributed by atoms with E-state index in [1.54, 1.807) is 31.4 Å². The SMILES string of the molecule is COCCOc1cccc(C(=O)Nc2cnn(C(C)(C)C(=O)O)c2)c1. The summed E-state index contributed by atoms with van der Waals surface area (Å²) in [6.45, 7) is 3.89. The van der Waals surface area contributed by atoms with E-state index in [9.17, 15) is 14.7 Å². The maximum absolute atomic E-state index is 12.3. The molecule has 0 saturated carbocycles. The molecule has 25 heavy (non-hydrogen) atoms. The third-order valence-corrected chi connectivity index (χ3v) is 3.59. The first-order valence-electron chi connectivity index (χ1n) is 7.66. The molecule has 1 aromatic heterocycles. The summed E-state index contributed by atoms with van der Waals surface area (Å²) in [5.74, 6) is -0.799. The largest absolute Gasteiger partial charge is 0.491 e. The van der Waals surface area contributed by atoms with Crippen molar-refractivity contribution in [2.45, 2.75) is 19.4 Å². The average molecular weight is 347 g/mol. The number of aromatic nitrogens is 2. The van der Waals surface area contributed by atoms with E-state index >= 15 is 0 Å².